The van der Waals surface area contributed by atoms with Crippen LogP contribution in [0.4, 0.5) is 0 Å². The molecule has 1 fully saturated rings. The van der Waals surface area contributed by atoms with Crippen molar-refractivity contribution in [3.63, 3.8) is 0 Å². The summed E-state index contributed by atoms with van der Waals surface area (Å²) in [6, 6.07) is 27.4. The van der Waals surface area contributed by atoms with Gasteiger partial charge in [-0.05, 0) is 17.5 Å². The van der Waals surface area contributed by atoms with Crippen LogP contribution in [-0.2, 0) is 14.3 Å². The largest absolute Gasteiger partial charge is 0.467 e. The second-order valence-electron chi connectivity index (χ2n) is 7.91. The lowest BCUT2D eigenvalue weighted by molar-refractivity contribution is -0.151. The lowest BCUT2D eigenvalue weighted by Gasteiger charge is -2.28. The van der Waals surface area contributed by atoms with Crippen molar-refractivity contribution in [3.8, 4) is 0 Å². The molecule has 2 unspecified atom stereocenters. The van der Waals surface area contributed by atoms with E-state index in [1.165, 1.54) is 18.9 Å². The Labute approximate surface area is 197 Å². The lowest BCUT2D eigenvalue weighted by Crippen LogP contribution is -2.43. The van der Waals surface area contributed by atoms with Gasteiger partial charge in [-0.1, -0.05) is 103 Å². The van der Waals surface area contributed by atoms with Crippen molar-refractivity contribution in [2.24, 2.45) is 0 Å². The standard InChI is InChI=1S/C27H25NO4S/c1-32-26(30)23-17-22(33-27(31)21-15-9-4-10-16-21)18-28(23)25(29)24(19-11-5-2-6-12-19)20-13-7-3-8-14-20/h2-16,22-24H,17-18H2,1H3. The molecule has 2 atom stereocenters. The molecule has 0 bridgehead atoms. The first-order valence-corrected chi connectivity index (χ1v) is 11.7. The summed E-state index contributed by atoms with van der Waals surface area (Å²) in [7, 11) is 1.33. The van der Waals surface area contributed by atoms with Gasteiger partial charge in [-0.15, -0.1) is 0 Å². The maximum absolute atomic E-state index is 13.9. The molecule has 6 heteroatoms. The van der Waals surface area contributed by atoms with Gasteiger partial charge in [-0.25, -0.2) is 4.79 Å². The third kappa shape index (κ3) is 5.17. The molecule has 4 rings (SSSR count). The number of carbonyl (C=O) groups excluding carboxylic acids is 3. The lowest BCUT2D eigenvalue weighted by atomic mass is 9.90. The van der Waals surface area contributed by atoms with E-state index in [1.54, 1.807) is 17.0 Å². The zero-order valence-corrected chi connectivity index (χ0v) is 19.1. The molecule has 5 nitrogen and oxygen atoms in total. The predicted molar refractivity (Wildman–Crippen MR) is 129 cm³/mol. The number of benzene rings is 3. The fourth-order valence-electron chi connectivity index (χ4n) is 4.21. The monoisotopic (exact) mass is 459 g/mol. The molecular formula is C27H25NO4S. The van der Waals surface area contributed by atoms with Crippen molar-refractivity contribution in [2.45, 2.75) is 23.6 Å². The van der Waals surface area contributed by atoms with Crippen LogP contribution in [0.25, 0.3) is 0 Å². The number of likely N-dealkylation sites (tertiary alicyclic amines) is 1. The van der Waals surface area contributed by atoms with Gasteiger partial charge in [-0.2, -0.15) is 0 Å². The Morgan fingerprint density at radius 2 is 1.36 bits per heavy atom. The Morgan fingerprint density at radius 1 is 0.848 bits per heavy atom. The van der Waals surface area contributed by atoms with E-state index in [2.05, 4.69) is 0 Å². The Balaban J connectivity index is 1.61. The maximum atomic E-state index is 13.9. The summed E-state index contributed by atoms with van der Waals surface area (Å²) in [5, 5.41) is -0.265. The molecule has 0 saturated carbocycles. The van der Waals surface area contributed by atoms with E-state index in [0.717, 1.165) is 11.1 Å². The van der Waals surface area contributed by atoms with Crippen molar-refractivity contribution in [3.05, 3.63) is 108 Å². The average molecular weight is 460 g/mol. The quantitative estimate of drug-likeness (QED) is 0.507. The van der Waals surface area contributed by atoms with E-state index in [-0.39, 0.29) is 16.3 Å². The molecule has 1 aliphatic heterocycles. The van der Waals surface area contributed by atoms with E-state index < -0.39 is 17.9 Å². The van der Waals surface area contributed by atoms with Crippen LogP contribution in [0.3, 0.4) is 0 Å². The minimum Gasteiger partial charge on any atom is -0.467 e. The summed E-state index contributed by atoms with van der Waals surface area (Å²) in [5.41, 5.74) is 2.32. The van der Waals surface area contributed by atoms with Gasteiger partial charge in [0, 0.05) is 17.4 Å². The molecule has 0 N–H and O–H groups in total. The van der Waals surface area contributed by atoms with Crippen LogP contribution in [0.1, 0.15) is 33.8 Å². The first-order valence-electron chi connectivity index (χ1n) is 10.8. The van der Waals surface area contributed by atoms with Gasteiger partial charge in [0.1, 0.15) is 6.04 Å². The number of hydrogen-bond acceptors (Lipinski definition) is 5. The molecule has 168 valence electrons. The van der Waals surface area contributed by atoms with Gasteiger partial charge in [0.05, 0.1) is 13.0 Å². The summed E-state index contributed by atoms with van der Waals surface area (Å²) in [4.78, 5) is 40.9. The van der Waals surface area contributed by atoms with Gasteiger partial charge in [-0.3, -0.25) is 9.59 Å². The van der Waals surface area contributed by atoms with Crippen LogP contribution in [0.5, 0.6) is 0 Å². The Morgan fingerprint density at radius 3 is 1.88 bits per heavy atom. The van der Waals surface area contributed by atoms with Crippen molar-refractivity contribution in [2.75, 3.05) is 13.7 Å². The van der Waals surface area contributed by atoms with Crippen molar-refractivity contribution in [1.29, 1.82) is 0 Å². The zero-order chi connectivity index (χ0) is 23.2. The number of amides is 1. The van der Waals surface area contributed by atoms with Gasteiger partial charge in [0.2, 0.25) is 11.0 Å². The van der Waals surface area contributed by atoms with Crippen LogP contribution >= 0.6 is 11.8 Å². The highest BCUT2D eigenvalue weighted by molar-refractivity contribution is 8.14. The highest BCUT2D eigenvalue weighted by Crippen LogP contribution is 2.35. The Bertz CT molecular complexity index is 1070. The first kappa shape index (κ1) is 22.8. The minimum absolute atomic E-state index is 0.0683. The number of esters is 1. The van der Waals surface area contributed by atoms with E-state index in [1.807, 2.05) is 78.9 Å². The predicted octanol–water partition coefficient (Wildman–Crippen LogP) is 4.53. The van der Waals surface area contributed by atoms with E-state index in [4.69, 9.17) is 4.74 Å². The summed E-state index contributed by atoms with van der Waals surface area (Å²) >= 11 is 1.18. The number of hydrogen-bond donors (Lipinski definition) is 0. The van der Waals surface area contributed by atoms with Crippen LogP contribution in [0.2, 0.25) is 0 Å². The number of ether oxygens (including phenoxy) is 1. The average Bonchev–Trinajstić information content (AvgIpc) is 3.29. The Hall–Kier alpha value is -3.38. The van der Waals surface area contributed by atoms with Crippen molar-refractivity contribution >= 4 is 28.8 Å². The molecule has 3 aromatic carbocycles. The van der Waals surface area contributed by atoms with Crippen LogP contribution in [-0.4, -0.2) is 46.8 Å². The molecule has 1 amide bonds. The SMILES string of the molecule is COC(=O)C1CC(SC(=O)c2ccccc2)CN1C(=O)C(c1ccccc1)c1ccccc1. The van der Waals surface area contributed by atoms with Crippen LogP contribution < -0.4 is 0 Å². The summed E-state index contributed by atoms with van der Waals surface area (Å²) in [6.07, 6.45) is 0.373. The normalized spacial score (nSPS) is 17.7. The molecular weight excluding hydrogens is 434 g/mol. The maximum Gasteiger partial charge on any atom is 0.328 e. The van der Waals surface area contributed by atoms with Gasteiger partial charge < -0.3 is 9.64 Å². The van der Waals surface area contributed by atoms with Gasteiger partial charge in [0.15, 0.2) is 0 Å². The molecule has 3 aromatic rings. The fourth-order valence-corrected chi connectivity index (χ4v) is 5.30. The first-order chi connectivity index (χ1) is 16.1. The topological polar surface area (TPSA) is 63.7 Å². The second-order valence-corrected chi connectivity index (χ2v) is 9.19. The highest BCUT2D eigenvalue weighted by atomic mass is 32.2. The third-order valence-electron chi connectivity index (χ3n) is 5.82. The fraction of sp³-hybridized carbons (Fsp3) is 0.222. The summed E-state index contributed by atoms with van der Waals surface area (Å²) in [5.74, 6) is -1.18. The molecule has 1 saturated heterocycles. The van der Waals surface area contributed by atoms with E-state index in [0.29, 0.717) is 18.5 Å². The number of nitrogens with zero attached hydrogens (tertiary/aromatic N) is 1. The van der Waals surface area contributed by atoms with Crippen molar-refractivity contribution in [1.82, 2.24) is 4.90 Å². The van der Waals surface area contributed by atoms with E-state index in [9.17, 15) is 14.4 Å². The number of carbonyl (C=O) groups is 3. The molecule has 1 aliphatic rings. The Kier molecular flexibility index (Phi) is 7.25. The zero-order valence-electron chi connectivity index (χ0n) is 18.3. The third-order valence-corrected chi connectivity index (χ3v) is 6.94. The van der Waals surface area contributed by atoms with Gasteiger partial charge in [0.25, 0.3) is 0 Å². The smallest absolute Gasteiger partial charge is 0.328 e. The van der Waals surface area contributed by atoms with Crippen LogP contribution in [0, 0.1) is 0 Å². The number of rotatable bonds is 6. The summed E-state index contributed by atoms with van der Waals surface area (Å²) in [6.45, 7) is 0.304. The van der Waals surface area contributed by atoms with Crippen LogP contribution in [0.15, 0.2) is 91.0 Å². The minimum atomic E-state index is -0.724. The second kappa shape index (κ2) is 10.5. The molecule has 33 heavy (non-hydrogen) atoms. The molecule has 0 aromatic heterocycles. The molecule has 1 heterocycles. The van der Waals surface area contributed by atoms with Gasteiger partial charge >= 0.3 is 5.97 Å². The molecule has 0 spiro atoms. The summed E-state index contributed by atoms with van der Waals surface area (Å²) < 4.78 is 5.02. The highest BCUT2D eigenvalue weighted by Gasteiger charge is 2.43. The number of thioether (sulfide) groups is 1. The molecule has 0 radical (unpaired) electrons. The van der Waals surface area contributed by atoms with E-state index >= 15 is 0 Å². The number of methoxy groups -OCH3 is 1. The van der Waals surface area contributed by atoms with Crippen molar-refractivity contribution < 1.29 is 19.1 Å². The molecule has 0 aliphatic carbocycles.